The molecule has 0 aliphatic heterocycles. The Kier molecular flexibility index (Phi) is 5.83. The van der Waals surface area contributed by atoms with E-state index in [1.807, 2.05) is 30.3 Å². The van der Waals surface area contributed by atoms with Crippen LogP contribution in [0, 0.1) is 0 Å². The second-order valence-electron chi connectivity index (χ2n) is 5.31. The number of hydrogen-bond donors (Lipinski definition) is 2. The number of carbonyl (C=O) groups excluding carboxylic acids is 1. The fourth-order valence-corrected chi connectivity index (χ4v) is 2.29. The molecule has 0 aliphatic carbocycles. The summed E-state index contributed by atoms with van der Waals surface area (Å²) >= 11 is 0. The fraction of sp³-hybridized carbons (Fsp3) is 0.278. The standard InChI is InChI=1S/C18H23N3O/c1-21(15-9-3-2-4-10-15)14-8-7-13-20-18(22)16-11-5-6-12-17(16)19/h2-6,9-12H,7-8,13-14,19H2,1H3,(H,20,22). The van der Waals surface area contributed by atoms with Gasteiger partial charge in [-0.2, -0.15) is 0 Å². The number of nitrogen functional groups attached to an aromatic ring is 1. The van der Waals surface area contributed by atoms with Crippen LogP contribution in [0.25, 0.3) is 0 Å². The van der Waals surface area contributed by atoms with Crippen LogP contribution in [-0.4, -0.2) is 26.0 Å². The number of unbranched alkanes of at least 4 members (excludes halogenated alkanes) is 1. The molecule has 0 unspecified atom stereocenters. The molecule has 0 atom stereocenters. The Balaban J connectivity index is 1.67. The SMILES string of the molecule is CN(CCCCNC(=O)c1ccccc1N)c1ccccc1. The van der Waals surface area contributed by atoms with E-state index in [1.165, 1.54) is 5.69 Å². The number of nitrogens with zero attached hydrogens (tertiary/aromatic N) is 1. The van der Waals surface area contributed by atoms with Gasteiger partial charge in [0.2, 0.25) is 0 Å². The van der Waals surface area contributed by atoms with Crippen LogP contribution in [0.15, 0.2) is 54.6 Å². The first-order valence-electron chi connectivity index (χ1n) is 7.57. The highest BCUT2D eigenvalue weighted by Crippen LogP contribution is 2.12. The van der Waals surface area contributed by atoms with E-state index in [1.54, 1.807) is 12.1 Å². The Bertz CT molecular complexity index is 598. The summed E-state index contributed by atoms with van der Waals surface area (Å²) in [6.07, 6.45) is 1.96. The first-order valence-corrected chi connectivity index (χ1v) is 7.57. The minimum atomic E-state index is -0.102. The maximum absolute atomic E-state index is 12.0. The first-order chi connectivity index (χ1) is 10.7. The molecule has 0 aromatic heterocycles. The molecule has 2 rings (SSSR count). The van der Waals surface area contributed by atoms with Crippen LogP contribution in [0.1, 0.15) is 23.2 Å². The van der Waals surface area contributed by atoms with Crippen molar-refractivity contribution >= 4 is 17.3 Å². The van der Waals surface area contributed by atoms with Crippen LogP contribution in [0.2, 0.25) is 0 Å². The lowest BCUT2D eigenvalue weighted by Gasteiger charge is -2.19. The number of rotatable bonds is 7. The molecule has 1 amide bonds. The molecule has 0 bridgehead atoms. The van der Waals surface area contributed by atoms with E-state index in [9.17, 15) is 4.79 Å². The summed E-state index contributed by atoms with van der Waals surface area (Å²) in [6, 6.07) is 17.4. The average Bonchev–Trinajstić information content (AvgIpc) is 2.55. The quantitative estimate of drug-likeness (QED) is 0.610. The topological polar surface area (TPSA) is 58.4 Å². The van der Waals surface area contributed by atoms with E-state index < -0.39 is 0 Å². The molecule has 4 heteroatoms. The van der Waals surface area contributed by atoms with E-state index >= 15 is 0 Å². The second-order valence-corrected chi connectivity index (χ2v) is 5.31. The summed E-state index contributed by atoms with van der Waals surface area (Å²) in [4.78, 5) is 14.2. The van der Waals surface area contributed by atoms with Crippen LogP contribution < -0.4 is 16.0 Å². The van der Waals surface area contributed by atoms with E-state index in [4.69, 9.17) is 5.73 Å². The highest BCUT2D eigenvalue weighted by atomic mass is 16.1. The number of nitrogens with one attached hydrogen (secondary N) is 1. The third-order valence-corrected chi connectivity index (χ3v) is 3.61. The van der Waals surface area contributed by atoms with Crippen molar-refractivity contribution < 1.29 is 4.79 Å². The zero-order valence-electron chi connectivity index (χ0n) is 13.0. The van der Waals surface area contributed by atoms with Gasteiger partial charge >= 0.3 is 0 Å². The zero-order chi connectivity index (χ0) is 15.8. The monoisotopic (exact) mass is 297 g/mol. The molecule has 22 heavy (non-hydrogen) atoms. The molecule has 0 radical (unpaired) electrons. The van der Waals surface area contributed by atoms with Crippen LogP contribution in [0.4, 0.5) is 11.4 Å². The lowest BCUT2D eigenvalue weighted by atomic mass is 10.1. The summed E-state index contributed by atoms with van der Waals surface area (Å²) in [7, 11) is 2.08. The summed E-state index contributed by atoms with van der Waals surface area (Å²) in [5.41, 5.74) is 8.06. The molecule has 0 saturated carbocycles. The molecular weight excluding hydrogens is 274 g/mol. The van der Waals surface area contributed by atoms with Gasteiger partial charge in [-0.1, -0.05) is 30.3 Å². The van der Waals surface area contributed by atoms with Crippen molar-refractivity contribution in [2.75, 3.05) is 30.8 Å². The van der Waals surface area contributed by atoms with Gasteiger partial charge in [-0.15, -0.1) is 0 Å². The number of carbonyl (C=O) groups is 1. The van der Waals surface area contributed by atoms with Gasteiger partial charge in [0, 0.05) is 31.5 Å². The number of amides is 1. The Morgan fingerprint density at radius 2 is 1.73 bits per heavy atom. The van der Waals surface area contributed by atoms with Gasteiger partial charge < -0.3 is 16.0 Å². The third-order valence-electron chi connectivity index (χ3n) is 3.61. The van der Waals surface area contributed by atoms with Crippen molar-refractivity contribution in [2.45, 2.75) is 12.8 Å². The largest absolute Gasteiger partial charge is 0.398 e. The minimum Gasteiger partial charge on any atom is -0.398 e. The van der Waals surface area contributed by atoms with E-state index in [2.05, 4.69) is 29.4 Å². The second kappa shape index (κ2) is 8.08. The Morgan fingerprint density at radius 1 is 1.05 bits per heavy atom. The molecule has 2 aromatic carbocycles. The minimum absolute atomic E-state index is 0.102. The van der Waals surface area contributed by atoms with Gasteiger partial charge in [-0.3, -0.25) is 4.79 Å². The van der Waals surface area contributed by atoms with Crippen molar-refractivity contribution in [3.63, 3.8) is 0 Å². The smallest absolute Gasteiger partial charge is 0.253 e. The molecule has 0 fully saturated rings. The molecule has 0 spiro atoms. The van der Waals surface area contributed by atoms with E-state index in [-0.39, 0.29) is 5.91 Å². The molecule has 2 aromatic rings. The van der Waals surface area contributed by atoms with Crippen LogP contribution in [-0.2, 0) is 0 Å². The zero-order valence-corrected chi connectivity index (χ0v) is 13.0. The number of anilines is 2. The molecule has 3 N–H and O–H groups in total. The fourth-order valence-electron chi connectivity index (χ4n) is 2.29. The van der Waals surface area contributed by atoms with E-state index in [0.29, 0.717) is 17.8 Å². The highest BCUT2D eigenvalue weighted by Gasteiger charge is 2.07. The lowest BCUT2D eigenvalue weighted by Crippen LogP contribution is -2.26. The highest BCUT2D eigenvalue weighted by molar-refractivity contribution is 5.98. The first kappa shape index (κ1) is 15.9. The van der Waals surface area contributed by atoms with E-state index in [0.717, 1.165) is 19.4 Å². The lowest BCUT2D eigenvalue weighted by molar-refractivity contribution is 0.0954. The Hall–Kier alpha value is -2.49. The number of nitrogens with two attached hydrogens (primary N) is 1. The Morgan fingerprint density at radius 3 is 2.45 bits per heavy atom. The molecule has 0 heterocycles. The van der Waals surface area contributed by atoms with Crippen molar-refractivity contribution in [3.05, 3.63) is 60.2 Å². The summed E-state index contributed by atoms with van der Waals surface area (Å²) < 4.78 is 0. The van der Waals surface area contributed by atoms with Gasteiger partial charge in [0.15, 0.2) is 0 Å². The summed E-state index contributed by atoms with van der Waals surface area (Å²) in [5.74, 6) is -0.102. The maximum Gasteiger partial charge on any atom is 0.253 e. The maximum atomic E-state index is 12.0. The number of hydrogen-bond acceptors (Lipinski definition) is 3. The van der Waals surface area contributed by atoms with Gasteiger partial charge in [-0.05, 0) is 37.1 Å². The third kappa shape index (κ3) is 4.52. The van der Waals surface area contributed by atoms with Crippen molar-refractivity contribution in [3.8, 4) is 0 Å². The normalized spacial score (nSPS) is 10.2. The summed E-state index contributed by atoms with van der Waals surface area (Å²) in [6.45, 7) is 1.63. The summed E-state index contributed by atoms with van der Waals surface area (Å²) in [5, 5.41) is 2.92. The van der Waals surface area contributed by atoms with Crippen molar-refractivity contribution in [1.82, 2.24) is 5.32 Å². The predicted molar refractivity (Wildman–Crippen MR) is 92.1 cm³/mol. The van der Waals surface area contributed by atoms with Gasteiger partial charge in [0.05, 0.1) is 5.56 Å². The van der Waals surface area contributed by atoms with Crippen molar-refractivity contribution in [1.29, 1.82) is 0 Å². The predicted octanol–water partition coefficient (Wildman–Crippen LogP) is 2.92. The van der Waals surface area contributed by atoms with Gasteiger partial charge in [0.1, 0.15) is 0 Å². The molecule has 0 aliphatic rings. The van der Waals surface area contributed by atoms with Crippen LogP contribution in [0.5, 0.6) is 0 Å². The molecule has 0 saturated heterocycles. The van der Waals surface area contributed by atoms with Crippen molar-refractivity contribution in [2.24, 2.45) is 0 Å². The molecule has 4 nitrogen and oxygen atoms in total. The van der Waals surface area contributed by atoms with Crippen LogP contribution in [0.3, 0.4) is 0 Å². The molecular formula is C18H23N3O. The number of benzene rings is 2. The molecule has 116 valence electrons. The van der Waals surface area contributed by atoms with Gasteiger partial charge in [-0.25, -0.2) is 0 Å². The van der Waals surface area contributed by atoms with Gasteiger partial charge in [0.25, 0.3) is 5.91 Å². The van der Waals surface area contributed by atoms with Crippen LogP contribution >= 0.6 is 0 Å². The Labute approximate surface area is 131 Å². The average molecular weight is 297 g/mol. The number of para-hydroxylation sites is 2.